The number of carbonyl (C=O) groups is 2. The van der Waals surface area contributed by atoms with Crippen LogP contribution in [0.1, 0.15) is 24.0 Å². The molecule has 1 aliphatic rings. The monoisotopic (exact) mass is 563 g/mol. The van der Waals surface area contributed by atoms with Crippen molar-refractivity contribution in [3.63, 3.8) is 0 Å². The van der Waals surface area contributed by atoms with E-state index in [1.54, 1.807) is 0 Å². The van der Waals surface area contributed by atoms with Crippen LogP contribution in [-0.4, -0.2) is 71.6 Å². The molecule has 0 amide bonds. The molecule has 0 unspecified atom stereocenters. The summed E-state index contributed by atoms with van der Waals surface area (Å²) in [5.41, 5.74) is 3.82. The SMILES string of the molecule is O=C(O)C(=O)O.OCCOc1ccc(-c2sc3ccccc3c2Cc2ccc(OCCN3CCCC3)cc2)cc1. The molecule has 3 N–H and O–H groups in total. The van der Waals surface area contributed by atoms with Gasteiger partial charge < -0.3 is 24.8 Å². The van der Waals surface area contributed by atoms with E-state index in [1.165, 1.54) is 57.6 Å². The summed E-state index contributed by atoms with van der Waals surface area (Å²) in [6.07, 6.45) is 3.50. The molecule has 8 nitrogen and oxygen atoms in total. The average Bonchev–Trinajstić information content (AvgIpc) is 3.62. The molecular weight excluding hydrogens is 530 g/mol. The van der Waals surface area contributed by atoms with Crippen molar-refractivity contribution in [2.45, 2.75) is 19.3 Å². The van der Waals surface area contributed by atoms with Gasteiger partial charge in [0.1, 0.15) is 24.7 Å². The van der Waals surface area contributed by atoms with Gasteiger partial charge >= 0.3 is 11.9 Å². The molecule has 40 heavy (non-hydrogen) atoms. The second-order valence-electron chi connectivity index (χ2n) is 9.33. The van der Waals surface area contributed by atoms with Gasteiger partial charge in [-0.1, -0.05) is 30.3 Å². The van der Waals surface area contributed by atoms with Gasteiger partial charge in [-0.2, -0.15) is 0 Å². The number of ether oxygens (including phenoxy) is 2. The topological polar surface area (TPSA) is 117 Å². The van der Waals surface area contributed by atoms with E-state index in [1.807, 2.05) is 23.5 Å². The molecule has 0 spiro atoms. The van der Waals surface area contributed by atoms with E-state index in [9.17, 15) is 0 Å². The minimum Gasteiger partial charge on any atom is -0.492 e. The molecule has 0 atom stereocenters. The molecule has 0 saturated carbocycles. The van der Waals surface area contributed by atoms with E-state index in [0.29, 0.717) is 6.61 Å². The largest absolute Gasteiger partial charge is 0.492 e. The zero-order valence-corrected chi connectivity index (χ0v) is 22.9. The summed E-state index contributed by atoms with van der Waals surface area (Å²) in [6, 6.07) is 25.4. The summed E-state index contributed by atoms with van der Waals surface area (Å²) in [5.74, 6) is -1.93. The highest BCUT2D eigenvalue weighted by Gasteiger charge is 2.15. The number of aliphatic hydroxyl groups is 1. The maximum Gasteiger partial charge on any atom is 0.414 e. The van der Waals surface area contributed by atoms with Crippen LogP contribution in [0.5, 0.6) is 11.5 Å². The van der Waals surface area contributed by atoms with Gasteiger partial charge in [-0.05, 0) is 96.9 Å². The van der Waals surface area contributed by atoms with Crippen LogP contribution in [0.3, 0.4) is 0 Å². The summed E-state index contributed by atoms with van der Waals surface area (Å²) in [7, 11) is 0. The summed E-state index contributed by atoms with van der Waals surface area (Å²) < 4.78 is 12.8. The number of fused-ring (bicyclic) bond motifs is 1. The van der Waals surface area contributed by atoms with Gasteiger partial charge in [-0.15, -0.1) is 11.3 Å². The number of nitrogens with zero attached hydrogens (tertiary/aromatic N) is 1. The fourth-order valence-corrected chi connectivity index (χ4v) is 5.81. The molecule has 0 radical (unpaired) electrons. The predicted octanol–water partition coefficient (Wildman–Crippen LogP) is 5.16. The minimum absolute atomic E-state index is 0.0183. The Labute approximate surface area is 237 Å². The van der Waals surface area contributed by atoms with Crippen molar-refractivity contribution < 1.29 is 34.4 Å². The molecule has 0 aliphatic carbocycles. The Morgan fingerprint density at radius 1 is 0.800 bits per heavy atom. The van der Waals surface area contributed by atoms with E-state index in [4.69, 9.17) is 34.4 Å². The van der Waals surface area contributed by atoms with Crippen molar-refractivity contribution in [3.8, 4) is 21.9 Å². The van der Waals surface area contributed by atoms with Gasteiger partial charge in [0.05, 0.1) is 6.61 Å². The number of thiophene rings is 1. The summed E-state index contributed by atoms with van der Waals surface area (Å²) in [5, 5.41) is 25.1. The first-order valence-corrected chi connectivity index (χ1v) is 14.0. The molecule has 0 bridgehead atoms. The molecule has 5 rings (SSSR count). The normalized spacial score (nSPS) is 13.0. The number of aliphatic hydroxyl groups excluding tert-OH is 1. The molecule has 9 heteroatoms. The van der Waals surface area contributed by atoms with E-state index in [0.717, 1.165) is 31.1 Å². The zero-order chi connectivity index (χ0) is 28.3. The van der Waals surface area contributed by atoms with E-state index < -0.39 is 11.9 Å². The lowest BCUT2D eigenvalue weighted by Gasteiger charge is -2.15. The highest BCUT2D eigenvalue weighted by molar-refractivity contribution is 7.22. The maximum atomic E-state index is 9.10. The van der Waals surface area contributed by atoms with Crippen LogP contribution < -0.4 is 9.47 Å². The van der Waals surface area contributed by atoms with Gasteiger partial charge in [-0.25, -0.2) is 9.59 Å². The fraction of sp³-hybridized carbons (Fsp3) is 0.290. The van der Waals surface area contributed by atoms with E-state index in [2.05, 4.69) is 65.6 Å². The second-order valence-corrected chi connectivity index (χ2v) is 10.4. The lowest BCUT2D eigenvalue weighted by atomic mass is 9.99. The molecule has 3 aromatic carbocycles. The lowest BCUT2D eigenvalue weighted by Crippen LogP contribution is -2.25. The third-order valence-electron chi connectivity index (χ3n) is 6.54. The van der Waals surface area contributed by atoms with E-state index in [-0.39, 0.29) is 6.61 Å². The third kappa shape index (κ3) is 8.05. The minimum atomic E-state index is -1.82. The van der Waals surface area contributed by atoms with Crippen LogP contribution in [0.15, 0.2) is 72.8 Å². The van der Waals surface area contributed by atoms with Crippen molar-refractivity contribution in [1.82, 2.24) is 4.90 Å². The third-order valence-corrected chi connectivity index (χ3v) is 7.80. The van der Waals surface area contributed by atoms with Gasteiger partial charge in [0.15, 0.2) is 0 Å². The standard InChI is InChI=1S/C29H31NO3S.C2H2O4/c31-18-20-33-25-13-9-23(10-14-25)29-27(26-5-1-2-6-28(26)34-29)21-22-7-11-24(12-8-22)32-19-17-30-15-3-4-16-30;3-1(4)2(5)6/h1-2,5-14,31H,3-4,15-21H2;(H,3,4)(H,5,6). The molecular formula is C31H33NO7S. The Kier molecular flexibility index (Phi) is 10.5. The van der Waals surface area contributed by atoms with Crippen molar-refractivity contribution in [2.75, 3.05) is 39.5 Å². The Bertz CT molecular complexity index is 1380. The Hall–Kier alpha value is -3.92. The fourth-order valence-electron chi connectivity index (χ4n) is 4.58. The Morgan fingerprint density at radius 3 is 2.02 bits per heavy atom. The van der Waals surface area contributed by atoms with Crippen LogP contribution in [0.25, 0.3) is 20.5 Å². The quantitative estimate of drug-likeness (QED) is 0.227. The number of aliphatic carboxylic acids is 2. The number of carboxylic acid groups (broad SMARTS) is 2. The lowest BCUT2D eigenvalue weighted by molar-refractivity contribution is -0.159. The maximum absolute atomic E-state index is 9.10. The van der Waals surface area contributed by atoms with Gasteiger partial charge in [0.2, 0.25) is 0 Å². The average molecular weight is 564 g/mol. The first-order valence-electron chi connectivity index (χ1n) is 13.2. The summed E-state index contributed by atoms with van der Waals surface area (Å²) in [6.45, 7) is 4.50. The van der Waals surface area contributed by atoms with Crippen LogP contribution in [-0.2, 0) is 16.0 Å². The second kappa shape index (κ2) is 14.5. The number of likely N-dealkylation sites (tertiary alicyclic amines) is 1. The van der Waals surface area contributed by atoms with E-state index >= 15 is 0 Å². The highest BCUT2D eigenvalue weighted by atomic mass is 32.1. The number of hydrogen-bond donors (Lipinski definition) is 3. The Morgan fingerprint density at radius 2 is 1.40 bits per heavy atom. The van der Waals surface area contributed by atoms with Gasteiger partial charge in [0, 0.05) is 16.1 Å². The zero-order valence-electron chi connectivity index (χ0n) is 22.1. The van der Waals surface area contributed by atoms with Crippen LogP contribution in [0, 0.1) is 0 Å². The smallest absolute Gasteiger partial charge is 0.414 e. The highest BCUT2D eigenvalue weighted by Crippen LogP contribution is 2.40. The molecule has 1 fully saturated rings. The van der Waals surface area contributed by atoms with Crippen LogP contribution >= 0.6 is 11.3 Å². The van der Waals surface area contributed by atoms with Crippen molar-refractivity contribution >= 4 is 33.4 Å². The molecule has 1 saturated heterocycles. The molecule has 210 valence electrons. The van der Waals surface area contributed by atoms with Gasteiger partial charge in [0.25, 0.3) is 0 Å². The van der Waals surface area contributed by atoms with Gasteiger partial charge in [-0.3, -0.25) is 4.90 Å². The van der Waals surface area contributed by atoms with Crippen LogP contribution in [0.2, 0.25) is 0 Å². The number of rotatable bonds is 10. The predicted molar refractivity (Wildman–Crippen MR) is 156 cm³/mol. The van der Waals surface area contributed by atoms with Crippen molar-refractivity contribution in [2.24, 2.45) is 0 Å². The molecule has 2 heterocycles. The number of benzene rings is 3. The first-order chi connectivity index (χ1) is 19.4. The van der Waals surface area contributed by atoms with Crippen molar-refractivity contribution in [1.29, 1.82) is 0 Å². The van der Waals surface area contributed by atoms with Crippen molar-refractivity contribution in [3.05, 3.63) is 83.9 Å². The molecule has 1 aromatic heterocycles. The summed E-state index contributed by atoms with van der Waals surface area (Å²) in [4.78, 5) is 22.0. The van der Waals surface area contributed by atoms with Crippen LogP contribution in [0.4, 0.5) is 0 Å². The number of hydrogen-bond acceptors (Lipinski definition) is 7. The number of carboxylic acids is 2. The molecule has 4 aromatic rings. The Balaban J connectivity index is 0.000000557. The summed E-state index contributed by atoms with van der Waals surface area (Å²) >= 11 is 1.84. The first kappa shape index (κ1) is 29.1. The molecule has 1 aliphatic heterocycles.